The number of halogens is 4. The summed E-state index contributed by atoms with van der Waals surface area (Å²) in [5, 5.41) is 11.4. The lowest BCUT2D eigenvalue weighted by Crippen LogP contribution is -2.14. The lowest BCUT2D eigenvalue weighted by molar-refractivity contribution is -0.377. The minimum Gasteiger partial charge on any atom is -0.870 e. The Morgan fingerprint density at radius 1 is 1.11 bits per heavy atom. The van der Waals surface area contributed by atoms with Gasteiger partial charge < -0.3 is 20.1 Å². The SMILES string of the molecule is O[C@@H](Cc1c(Cl)c[nH+]cc1Cl)c1ccc(OC(F)F)c(OC2CCCC2)c1.[OH-]. The van der Waals surface area contributed by atoms with E-state index in [1.54, 1.807) is 12.4 Å². The summed E-state index contributed by atoms with van der Waals surface area (Å²) in [6, 6.07) is 4.45. The molecule has 3 N–H and O–H groups in total. The van der Waals surface area contributed by atoms with Gasteiger partial charge in [-0.15, -0.1) is 0 Å². The van der Waals surface area contributed by atoms with Crippen LogP contribution in [0.15, 0.2) is 30.6 Å². The lowest BCUT2D eigenvalue weighted by Gasteiger charge is -2.19. The van der Waals surface area contributed by atoms with E-state index in [9.17, 15) is 13.9 Å². The van der Waals surface area contributed by atoms with Crippen LogP contribution in [0.25, 0.3) is 0 Å². The third kappa shape index (κ3) is 5.67. The Morgan fingerprint density at radius 2 is 1.75 bits per heavy atom. The molecule has 3 rings (SSSR count). The largest absolute Gasteiger partial charge is 0.870 e. The van der Waals surface area contributed by atoms with Crippen molar-refractivity contribution in [3.63, 3.8) is 0 Å². The number of aromatic nitrogens is 1. The number of pyridine rings is 1. The number of aliphatic hydroxyl groups excluding tert-OH is 1. The molecule has 1 aliphatic rings. The maximum Gasteiger partial charge on any atom is 0.387 e. The van der Waals surface area contributed by atoms with Gasteiger partial charge in [0.15, 0.2) is 23.9 Å². The first-order valence-electron chi connectivity index (χ1n) is 8.71. The zero-order valence-electron chi connectivity index (χ0n) is 14.9. The smallest absolute Gasteiger partial charge is 0.387 e. The van der Waals surface area contributed by atoms with Gasteiger partial charge in [-0.3, -0.25) is 0 Å². The predicted octanol–water partition coefficient (Wildman–Crippen LogP) is 4.83. The summed E-state index contributed by atoms with van der Waals surface area (Å²) in [5.41, 5.74) is 1.10. The van der Waals surface area contributed by atoms with Crippen LogP contribution in [-0.2, 0) is 6.42 Å². The van der Waals surface area contributed by atoms with E-state index in [4.69, 9.17) is 27.9 Å². The molecule has 1 heterocycles. The monoisotopic (exact) mass is 435 g/mol. The second kappa shape index (κ2) is 10.2. The molecule has 0 unspecified atom stereocenters. The molecule has 154 valence electrons. The van der Waals surface area contributed by atoms with Crippen LogP contribution in [0.3, 0.4) is 0 Å². The molecular weight excluding hydrogens is 415 g/mol. The van der Waals surface area contributed by atoms with E-state index in [2.05, 4.69) is 9.72 Å². The van der Waals surface area contributed by atoms with E-state index in [0.717, 1.165) is 25.7 Å². The van der Waals surface area contributed by atoms with Crippen LogP contribution in [0, 0.1) is 0 Å². The molecule has 1 saturated carbocycles. The lowest BCUT2D eigenvalue weighted by atomic mass is 10.0. The first-order chi connectivity index (χ1) is 12.9. The van der Waals surface area contributed by atoms with Gasteiger partial charge in [0.05, 0.1) is 12.2 Å². The molecule has 0 radical (unpaired) electrons. The number of nitrogens with one attached hydrogen (secondary N) is 1. The van der Waals surface area contributed by atoms with Crippen molar-refractivity contribution in [1.82, 2.24) is 0 Å². The molecule has 1 atom stereocenters. The maximum atomic E-state index is 12.7. The van der Waals surface area contributed by atoms with Crippen molar-refractivity contribution in [2.75, 3.05) is 0 Å². The van der Waals surface area contributed by atoms with Crippen molar-refractivity contribution in [3.05, 3.63) is 51.8 Å². The number of hydrogen-bond acceptors (Lipinski definition) is 4. The van der Waals surface area contributed by atoms with Crippen molar-refractivity contribution in [2.24, 2.45) is 0 Å². The summed E-state index contributed by atoms with van der Waals surface area (Å²) >= 11 is 12.3. The van der Waals surface area contributed by atoms with Crippen LogP contribution in [-0.4, -0.2) is 23.3 Å². The van der Waals surface area contributed by atoms with Gasteiger partial charge in [-0.1, -0.05) is 29.3 Å². The maximum absolute atomic E-state index is 12.7. The summed E-state index contributed by atoms with van der Waals surface area (Å²) in [7, 11) is 0. The van der Waals surface area contributed by atoms with E-state index in [1.165, 1.54) is 18.2 Å². The van der Waals surface area contributed by atoms with Crippen molar-refractivity contribution in [1.29, 1.82) is 0 Å². The number of alkyl halides is 2. The average Bonchev–Trinajstić information content (AvgIpc) is 3.12. The van der Waals surface area contributed by atoms with Crippen molar-refractivity contribution >= 4 is 23.2 Å². The molecular formula is C19H21Cl2F2NO4. The first-order valence-corrected chi connectivity index (χ1v) is 9.47. The third-order valence-electron chi connectivity index (χ3n) is 4.56. The minimum atomic E-state index is -2.95. The Labute approximate surface area is 171 Å². The molecule has 0 spiro atoms. The van der Waals surface area contributed by atoms with E-state index in [0.29, 0.717) is 21.2 Å². The van der Waals surface area contributed by atoms with Gasteiger partial charge in [0, 0.05) is 12.0 Å². The van der Waals surface area contributed by atoms with E-state index < -0.39 is 12.7 Å². The van der Waals surface area contributed by atoms with E-state index >= 15 is 0 Å². The summed E-state index contributed by atoms with van der Waals surface area (Å²) in [5.74, 6) is 0.163. The van der Waals surface area contributed by atoms with Crippen LogP contribution in [0.5, 0.6) is 11.5 Å². The molecule has 5 nitrogen and oxygen atoms in total. The zero-order chi connectivity index (χ0) is 19.4. The van der Waals surface area contributed by atoms with Gasteiger partial charge in [0.25, 0.3) is 0 Å². The summed E-state index contributed by atoms with van der Waals surface area (Å²) in [4.78, 5) is 2.80. The second-order valence-corrected chi connectivity index (χ2v) is 7.27. The fraction of sp³-hybridized carbons (Fsp3) is 0.421. The molecule has 1 aromatic heterocycles. The van der Waals surface area contributed by atoms with Crippen molar-refractivity contribution in [2.45, 2.75) is 50.9 Å². The van der Waals surface area contributed by atoms with E-state index in [1.807, 2.05) is 0 Å². The quantitative estimate of drug-likeness (QED) is 0.674. The predicted molar refractivity (Wildman–Crippen MR) is 99.6 cm³/mol. The number of aromatic amines is 1. The molecule has 2 aromatic rings. The number of ether oxygens (including phenoxy) is 2. The van der Waals surface area contributed by atoms with Crippen LogP contribution in [0.1, 0.15) is 42.9 Å². The average molecular weight is 436 g/mol. The van der Waals surface area contributed by atoms with E-state index in [-0.39, 0.29) is 29.5 Å². The van der Waals surface area contributed by atoms with Gasteiger partial charge in [0.1, 0.15) is 10.0 Å². The fourth-order valence-corrected chi connectivity index (χ4v) is 3.72. The Bertz CT molecular complexity index is 768. The van der Waals surface area contributed by atoms with Crippen molar-refractivity contribution < 1.29 is 33.8 Å². The summed E-state index contributed by atoms with van der Waals surface area (Å²) < 4.78 is 35.8. The molecule has 0 amide bonds. The molecule has 1 fully saturated rings. The number of H-pyrrole nitrogens is 1. The van der Waals surface area contributed by atoms with Crippen LogP contribution < -0.4 is 14.5 Å². The Kier molecular flexibility index (Phi) is 8.24. The fourth-order valence-electron chi connectivity index (χ4n) is 3.19. The molecule has 28 heavy (non-hydrogen) atoms. The number of hydrogen-bond donors (Lipinski definition) is 1. The Balaban J connectivity index is 0.00000280. The second-order valence-electron chi connectivity index (χ2n) is 6.46. The third-order valence-corrected chi connectivity index (χ3v) is 5.23. The zero-order valence-corrected chi connectivity index (χ0v) is 16.4. The highest BCUT2D eigenvalue weighted by Crippen LogP contribution is 2.36. The Hall–Kier alpha value is -1.67. The minimum absolute atomic E-state index is 0. The van der Waals surface area contributed by atoms with Gasteiger partial charge in [0.2, 0.25) is 0 Å². The van der Waals surface area contributed by atoms with Gasteiger partial charge in [-0.2, -0.15) is 8.78 Å². The number of benzene rings is 1. The first kappa shape index (κ1) is 22.6. The topological polar surface area (TPSA) is 82.8 Å². The number of aliphatic hydroxyl groups is 1. The highest BCUT2D eigenvalue weighted by molar-refractivity contribution is 6.35. The standard InChI is InChI=1S/C19H19Cl2F2NO3.H2O/c20-14-9-24-10-15(21)13(14)8-16(25)11-5-6-17(27-19(22)23)18(7-11)26-12-3-1-2-4-12;/h5-7,9-10,12,16,19,25H,1-4,8H2;1H2/t16-;/m0./s1. The number of rotatable bonds is 7. The van der Waals surface area contributed by atoms with Crippen molar-refractivity contribution in [3.8, 4) is 11.5 Å². The molecule has 1 aliphatic carbocycles. The molecule has 0 bridgehead atoms. The van der Waals surface area contributed by atoms with Crippen LogP contribution in [0.2, 0.25) is 10.0 Å². The molecule has 1 aromatic carbocycles. The summed E-state index contributed by atoms with van der Waals surface area (Å²) in [6.07, 6.45) is 6.16. The summed E-state index contributed by atoms with van der Waals surface area (Å²) in [6.45, 7) is -2.95. The van der Waals surface area contributed by atoms with Gasteiger partial charge >= 0.3 is 6.61 Å². The Morgan fingerprint density at radius 3 is 2.36 bits per heavy atom. The highest BCUT2D eigenvalue weighted by Gasteiger charge is 2.22. The molecule has 0 saturated heterocycles. The van der Waals surface area contributed by atoms with Gasteiger partial charge in [-0.05, 0) is 43.4 Å². The molecule has 9 heteroatoms. The van der Waals surface area contributed by atoms with Gasteiger partial charge in [-0.25, -0.2) is 4.98 Å². The van der Waals surface area contributed by atoms with Crippen LogP contribution >= 0.6 is 23.2 Å². The highest BCUT2D eigenvalue weighted by atomic mass is 35.5. The normalized spacial score (nSPS) is 15.4. The van der Waals surface area contributed by atoms with Crippen LogP contribution in [0.4, 0.5) is 8.78 Å². The molecule has 0 aliphatic heterocycles.